The second kappa shape index (κ2) is 7.31. The van der Waals surface area contributed by atoms with E-state index in [4.69, 9.17) is 0 Å². The Balaban J connectivity index is 1.45. The number of nitrogens with one attached hydrogen (secondary N) is 1. The molecule has 1 aliphatic heterocycles. The zero-order valence-electron chi connectivity index (χ0n) is 14.8. The van der Waals surface area contributed by atoms with Gasteiger partial charge in [-0.05, 0) is 55.0 Å². The van der Waals surface area contributed by atoms with Crippen LogP contribution in [0.5, 0.6) is 0 Å². The van der Waals surface area contributed by atoms with E-state index in [0.29, 0.717) is 12.1 Å². The first-order valence-corrected chi connectivity index (χ1v) is 9.36. The Morgan fingerprint density at radius 3 is 2.85 bits per heavy atom. The average Bonchev–Trinajstić information content (AvgIpc) is 3.30. The summed E-state index contributed by atoms with van der Waals surface area (Å²) in [5.41, 5.74) is 4.31. The van der Waals surface area contributed by atoms with Gasteiger partial charge in [0.25, 0.3) is 0 Å². The molecule has 0 saturated carbocycles. The predicted molar refractivity (Wildman–Crippen MR) is 100 cm³/mol. The zero-order valence-corrected chi connectivity index (χ0v) is 14.8. The van der Waals surface area contributed by atoms with E-state index >= 15 is 0 Å². The van der Waals surface area contributed by atoms with Gasteiger partial charge >= 0.3 is 0 Å². The van der Waals surface area contributed by atoms with Gasteiger partial charge in [-0.2, -0.15) is 5.26 Å². The molecule has 1 heterocycles. The van der Waals surface area contributed by atoms with E-state index in [1.54, 1.807) is 0 Å². The number of likely N-dealkylation sites (tertiary alicyclic amines) is 1. The van der Waals surface area contributed by atoms with Crippen molar-refractivity contribution < 1.29 is 4.79 Å². The number of aryl methyl sites for hydroxylation is 1. The molecule has 2 atom stereocenters. The number of nitrogens with zero attached hydrogens (tertiary/aromatic N) is 2. The van der Waals surface area contributed by atoms with Crippen LogP contribution in [0.25, 0.3) is 0 Å². The van der Waals surface area contributed by atoms with Crippen molar-refractivity contribution in [1.82, 2.24) is 10.2 Å². The fourth-order valence-electron chi connectivity index (χ4n) is 4.27. The highest BCUT2D eigenvalue weighted by Gasteiger charge is 2.33. The highest BCUT2D eigenvalue weighted by molar-refractivity contribution is 5.82. The third kappa shape index (κ3) is 3.23. The molecular weight excluding hydrogens is 322 g/mol. The summed E-state index contributed by atoms with van der Waals surface area (Å²) in [7, 11) is 0. The van der Waals surface area contributed by atoms with Gasteiger partial charge in [0.2, 0.25) is 5.91 Å². The van der Waals surface area contributed by atoms with E-state index in [9.17, 15) is 10.1 Å². The molecule has 1 N–H and O–H groups in total. The number of rotatable bonds is 4. The van der Waals surface area contributed by atoms with Crippen molar-refractivity contribution in [1.29, 1.82) is 5.26 Å². The first-order valence-electron chi connectivity index (χ1n) is 9.36. The second-order valence-corrected chi connectivity index (χ2v) is 7.20. The molecule has 26 heavy (non-hydrogen) atoms. The maximum absolute atomic E-state index is 12.9. The first kappa shape index (κ1) is 16.8. The minimum Gasteiger partial charge on any atom is -0.348 e. The van der Waals surface area contributed by atoms with Crippen LogP contribution in [0.1, 0.15) is 47.6 Å². The molecule has 0 spiro atoms. The van der Waals surface area contributed by atoms with E-state index in [-0.39, 0.29) is 18.0 Å². The van der Waals surface area contributed by atoms with Crippen LogP contribution in [0.15, 0.2) is 48.5 Å². The lowest BCUT2D eigenvalue weighted by Crippen LogP contribution is -2.43. The van der Waals surface area contributed by atoms with Crippen LogP contribution in [-0.2, 0) is 17.8 Å². The van der Waals surface area contributed by atoms with Gasteiger partial charge in [0, 0.05) is 6.54 Å². The number of benzene rings is 2. The van der Waals surface area contributed by atoms with Gasteiger partial charge in [0.05, 0.1) is 23.7 Å². The SMILES string of the molecule is N#Cc1ccccc1CN1CCC[C@@H]1C(=O)N[C@@H]1CCc2ccccc21. The van der Waals surface area contributed by atoms with Crippen LogP contribution in [0.4, 0.5) is 0 Å². The van der Waals surface area contributed by atoms with Crippen LogP contribution in [0, 0.1) is 11.3 Å². The molecule has 0 bridgehead atoms. The Morgan fingerprint density at radius 2 is 1.96 bits per heavy atom. The summed E-state index contributed by atoms with van der Waals surface area (Å²) >= 11 is 0. The van der Waals surface area contributed by atoms with Gasteiger partial charge < -0.3 is 5.32 Å². The van der Waals surface area contributed by atoms with E-state index in [0.717, 1.165) is 37.8 Å². The molecule has 4 nitrogen and oxygen atoms in total. The topological polar surface area (TPSA) is 56.1 Å². The first-order chi connectivity index (χ1) is 12.8. The number of nitriles is 1. The van der Waals surface area contributed by atoms with Gasteiger partial charge in [-0.1, -0.05) is 42.5 Å². The Labute approximate surface area is 154 Å². The van der Waals surface area contributed by atoms with Crippen molar-refractivity contribution in [2.75, 3.05) is 6.54 Å². The molecular formula is C22H23N3O. The molecule has 2 aliphatic rings. The summed E-state index contributed by atoms with van der Waals surface area (Å²) in [4.78, 5) is 15.2. The number of amides is 1. The molecule has 0 radical (unpaired) electrons. The van der Waals surface area contributed by atoms with Crippen LogP contribution in [0.2, 0.25) is 0 Å². The number of hydrogen-bond donors (Lipinski definition) is 1. The fourth-order valence-corrected chi connectivity index (χ4v) is 4.27. The van der Waals surface area contributed by atoms with Gasteiger partial charge in [-0.3, -0.25) is 9.69 Å². The lowest BCUT2D eigenvalue weighted by atomic mass is 10.1. The van der Waals surface area contributed by atoms with Crippen molar-refractivity contribution in [2.24, 2.45) is 0 Å². The second-order valence-electron chi connectivity index (χ2n) is 7.20. The average molecular weight is 345 g/mol. The normalized spacial score (nSPS) is 22.0. The van der Waals surface area contributed by atoms with Crippen LogP contribution in [-0.4, -0.2) is 23.4 Å². The Morgan fingerprint density at radius 1 is 1.15 bits per heavy atom. The number of fused-ring (bicyclic) bond motifs is 1. The molecule has 4 heteroatoms. The summed E-state index contributed by atoms with van der Waals surface area (Å²) < 4.78 is 0. The summed E-state index contributed by atoms with van der Waals surface area (Å²) in [6, 6.07) is 18.3. The van der Waals surface area contributed by atoms with Gasteiger partial charge in [0.1, 0.15) is 0 Å². The molecule has 2 aromatic rings. The standard InChI is InChI=1S/C22H23N3O/c23-14-17-7-1-2-8-18(17)15-25-13-5-10-21(25)22(26)24-20-12-11-16-6-3-4-9-19(16)20/h1-4,6-9,20-21H,5,10-13,15H2,(H,24,26)/t20-,21-/m1/s1. The molecule has 1 fully saturated rings. The fraction of sp³-hybridized carbons (Fsp3) is 0.364. The van der Waals surface area contributed by atoms with E-state index < -0.39 is 0 Å². The largest absolute Gasteiger partial charge is 0.348 e. The third-order valence-corrected chi connectivity index (χ3v) is 5.63. The monoisotopic (exact) mass is 345 g/mol. The Bertz CT molecular complexity index is 854. The molecule has 1 amide bonds. The minimum atomic E-state index is -0.102. The molecule has 1 saturated heterocycles. The van der Waals surface area contributed by atoms with Crippen molar-refractivity contribution in [3.63, 3.8) is 0 Å². The molecule has 4 rings (SSSR count). The number of carbonyl (C=O) groups excluding carboxylic acids is 1. The zero-order chi connectivity index (χ0) is 17.9. The highest BCUT2D eigenvalue weighted by Crippen LogP contribution is 2.31. The van der Waals surface area contributed by atoms with Crippen molar-refractivity contribution in [3.05, 3.63) is 70.8 Å². The maximum Gasteiger partial charge on any atom is 0.237 e. The summed E-state index contributed by atoms with van der Waals surface area (Å²) in [6.07, 6.45) is 3.92. The summed E-state index contributed by atoms with van der Waals surface area (Å²) in [5.74, 6) is 0.124. The van der Waals surface area contributed by atoms with Crippen molar-refractivity contribution in [2.45, 2.75) is 44.3 Å². The Hall–Kier alpha value is -2.64. The number of hydrogen-bond acceptors (Lipinski definition) is 3. The lowest BCUT2D eigenvalue weighted by Gasteiger charge is -2.26. The van der Waals surface area contributed by atoms with E-state index in [1.807, 2.05) is 30.3 Å². The van der Waals surface area contributed by atoms with Crippen LogP contribution >= 0.6 is 0 Å². The summed E-state index contributed by atoms with van der Waals surface area (Å²) in [6.45, 7) is 1.56. The highest BCUT2D eigenvalue weighted by atomic mass is 16.2. The van der Waals surface area contributed by atoms with Crippen LogP contribution in [0.3, 0.4) is 0 Å². The van der Waals surface area contributed by atoms with Crippen molar-refractivity contribution >= 4 is 5.91 Å². The molecule has 132 valence electrons. The van der Waals surface area contributed by atoms with Gasteiger partial charge in [-0.15, -0.1) is 0 Å². The predicted octanol–water partition coefficient (Wildman–Crippen LogP) is 3.33. The lowest BCUT2D eigenvalue weighted by molar-refractivity contribution is -0.126. The summed E-state index contributed by atoms with van der Waals surface area (Å²) in [5, 5.41) is 12.6. The number of carbonyl (C=O) groups is 1. The quantitative estimate of drug-likeness (QED) is 0.925. The van der Waals surface area contributed by atoms with E-state index in [1.165, 1.54) is 11.1 Å². The smallest absolute Gasteiger partial charge is 0.237 e. The van der Waals surface area contributed by atoms with E-state index in [2.05, 4.69) is 34.5 Å². The minimum absolute atomic E-state index is 0.102. The third-order valence-electron chi connectivity index (χ3n) is 5.63. The molecule has 0 unspecified atom stereocenters. The van der Waals surface area contributed by atoms with Gasteiger partial charge in [0.15, 0.2) is 0 Å². The molecule has 2 aromatic carbocycles. The van der Waals surface area contributed by atoms with Crippen molar-refractivity contribution in [3.8, 4) is 6.07 Å². The van der Waals surface area contributed by atoms with Crippen LogP contribution < -0.4 is 5.32 Å². The molecule has 0 aromatic heterocycles. The molecule has 1 aliphatic carbocycles. The van der Waals surface area contributed by atoms with Gasteiger partial charge in [-0.25, -0.2) is 0 Å². The maximum atomic E-state index is 12.9. The Kier molecular flexibility index (Phi) is 4.73.